The highest BCUT2D eigenvalue weighted by Crippen LogP contribution is 2.21. The lowest BCUT2D eigenvalue weighted by Gasteiger charge is -2.21. The fourth-order valence-electron chi connectivity index (χ4n) is 1.07. The first-order chi connectivity index (χ1) is 7.56. The van der Waals surface area contributed by atoms with Gasteiger partial charge in [-0.05, 0) is 19.1 Å². The summed E-state index contributed by atoms with van der Waals surface area (Å²) in [7, 11) is 1.60. The number of phenols is 1. The standard InChI is InChI=1S/C12H14N2O2/c1-4-9(2)14(3)12(16)13-10-7-5-6-8-11(10)15/h1,5-9,15H,2-3H3,(H,13,16). The van der Waals surface area contributed by atoms with E-state index in [2.05, 4.69) is 11.2 Å². The number of terminal acetylenes is 1. The number of nitrogens with zero attached hydrogens (tertiary/aromatic N) is 1. The fraction of sp³-hybridized carbons (Fsp3) is 0.250. The smallest absolute Gasteiger partial charge is 0.322 e. The molecule has 0 aromatic heterocycles. The van der Waals surface area contributed by atoms with Crippen LogP contribution in [0.5, 0.6) is 5.75 Å². The van der Waals surface area contributed by atoms with Gasteiger partial charge in [-0.1, -0.05) is 18.1 Å². The molecule has 4 nitrogen and oxygen atoms in total. The average molecular weight is 218 g/mol. The second kappa shape index (κ2) is 5.08. The summed E-state index contributed by atoms with van der Waals surface area (Å²) in [5.41, 5.74) is 0.364. The minimum atomic E-state index is -0.355. The van der Waals surface area contributed by atoms with Gasteiger partial charge in [-0.3, -0.25) is 0 Å². The van der Waals surface area contributed by atoms with E-state index in [1.165, 1.54) is 11.0 Å². The number of hydrogen-bond donors (Lipinski definition) is 2. The Morgan fingerprint density at radius 2 is 2.19 bits per heavy atom. The lowest BCUT2D eigenvalue weighted by molar-refractivity contribution is 0.217. The Morgan fingerprint density at radius 1 is 1.56 bits per heavy atom. The highest BCUT2D eigenvalue weighted by atomic mass is 16.3. The number of urea groups is 1. The number of para-hydroxylation sites is 2. The van der Waals surface area contributed by atoms with Crippen molar-refractivity contribution in [2.45, 2.75) is 13.0 Å². The average Bonchev–Trinajstić information content (AvgIpc) is 2.30. The zero-order valence-electron chi connectivity index (χ0n) is 9.27. The van der Waals surface area contributed by atoms with E-state index in [0.717, 1.165) is 0 Å². The third-order valence-corrected chi connectivity index (χ3v) is 2.29. The highest BCUT2D eigenvalue weighted by Gasteiger charge is 2.14. The van der Waals surface area contributed by atoms with Gasteiger partial charge in [-0.2, -0.15) is 0 Å². The molecule has 1 unspecified atom stereocenters. The summed E-state index contributed by atoms with van der Waals surface area (Å²) in [6.45, 7) is 1.74. The van der Waals surface area contributed by atoms with Crippen LogP contribution >= 0.6 is 0 Å². The molecule has 0 aliphatic rings. The molecule has 0 saturated carbocycles. The van der Waals surface area contributed by atoms with Crippen molar-refractivity contribution in [2.75, 3.05) is 12.4 Å². The number of carbonyl (C=O) groups is 1. The first-order valence-corrected chi connectivity index (χ1v) is 4.84. The van der Waals surface area contributed by atoms with Crippen molar-refractivity contribution in [1.29, 1.82) is 0 Å². The van der Waals surface area contributed by atoms with Crippen LogP contribution in [0.15, 0.2) is 24.3 Å². The Labute approximate surface area is 94.9 Å². The Kier molecular flexibility index (Phi) is 3.78. The first kappa shape index (κ1) is 11.9. The number of hydrogen-bond acceptors (Lipinski definition) is 2. The molecule has 84 valence electrons. The molecule has 0 spiro atoms. The van der Waals surface area contributed by atoms with Gasteiger partial charge < -0.3 is 15.3 Å². The van der Waals surface area contributed by atoms with Crippen molar-refractivity contribution < 1.29 is 9.90 Å². The van der Waals surface area contributed by atoms with E-state index >= 15 is 0 Å². The van der Waals surface area contributed by atoms with Crippen molar-refractivity contribution in [1.82, 2.24) is 4.90 Å². The van der Waals surface area contributed by atoms with E-state index in [1.54, 1.807) is 32.2 Å². The van der Waals surface area contributed by atoms with Crippen LogP contribution in [0.25, 0.3) is 0 Å². The third kappa shape index (κ3) is 2.67. The SMILES string of the molecule is C#CC(C)N(C)C(=O)Nc1ccccc1O. The van der Waals surface area contributed by atoms with E-state index < -0.39 is 0 Å². The minimum Gasteiger partial charge on any atom is -0.506 e. The topological polar surface area (TPSA) is 52.6 Å². The number of aromatic hydroxyl groups is 1. The van der Waals surface area contributed by atoms with Crippen LogP contribution in [0.3, 0.4) is 0 Å². The Morgan fingerprint density at radius 3 is 2.75 bits per heavy atom. The number of phenolic OH excluding ortho intramolecular Hbond substituents is 1. The van der Waals surface area contributed by atoms with Crippen molar-refractivity contribution in [3.05, 3.63) is 24.3 Å². The van der Waals surface area contributed by atoms with Crippen LogP contribution in [0.4, 0.5) is 10.5 Å². The lowest BCUT2D eigenvalue weighted by atomic mass is 10.3. The fourth-order valence-corrected chi connectivity index (χ4v) is 1.07. The number of benzene rings is 1. The summed E-state index contributed by atoms with van der Waals surface area (Å²) in [6, 6.07) is 5.86. The second-order valence-electron chi connectivity index (χ2n) is 3.40. The zero-order valence-corrected chi connectivity index (χ0v) is 9.27. The minimum absolute atomic E-state index is 0.0256. The lowest BCUT2D eigenvalue weighted by Crippen LogP contribution is -2.37. The second-order valence-corrected chi connectivity index (χ2v) is 3.40. The van der Waals surface area contributed by atoms with Gasteiger partial charge in [0.1, 0.15) is 5.75 Å². The van der Waals surface area contributed by atoms with Gasteiger partial charge in [0.15, 0.2) is 0 Å². The molecule has 16 heavy (non-hydrogen) atoms. The molecule has 0 bridgehead atoms. The first-order valence-electron chi connectivity index (χ1n) is 4.84. The quantitative estimate of drug-likeness (QED) is 0.588. The third-order valence-electron chi connectivity index (χ3n) is 2.29. The van der Waals surface area contributed by atoms with Gasteiger partial charge in [0, 0.05) is 7.05 Å². The van der Waals surface area contributed by atoms with Crippen LogP contribution in [0, 0.1) is 12.3 Å². The summed E-state index contributed by atoms with van der Waals surface area (Å²) in [4.78, 5) is 13.1. The number of carbonyl (C=O) groups excluding carboxylic acids is 1. The van der Waals surface area contributed by atoms with Gasteiger partial charge in [-0.15, -0.1) is 6.42 Å². The van der Waals surface area contributed by atoms with E-state index in [1.807, 2.05) is 0 Å². The molecule has 1 rings (SSSR count). The molecule has 0 aliphatic carbocycles. The Hall–Kier alpha value is -2.15. The number of amides is 2. The maximum Gasteiger partial charge on any atom is 0.322 e. The Bertz CT molecular complexity index is 423. The summed E-state index contributed by atoms with van der Waals surface area (Å²) < 4.78 is 0. The molecule has 0 saturated heterocycles. The molecule has 1 atom stereocenters. The molecular formula is C12H14N2O2. The number of anilines is 1. The number of rotatable bonds is 2. The zero-order chi connectivity index (χ0) is 12.1. The summed E-state index contributed by atoms with van der Waals surface area (Å²) in [5.74, 6) is 2.47. The molecular weight excluding hydrogens is 204 g/mol. The van der Waals surface area contributed by atoms with E-state index in [-0.39, 0.29) is 17.8 Å². The predicted octanol–water partition coefficient (Wildman–Crippen LogP) is 1.88. The molecule has 0 heterocycles. The van der Waals surface area contributed by atoms with Crippen LogP contribution in [-0.4, -0.2) is 29.1 Å². The molecule has 0 fully saturated rings. The molecule has 0 radical (unpaired) electrons. The van der Waals surface area contributed by atoms with Crippen molar-refractivity contribution >= 4 is 11.7 Å². The van der Waals surface area contributed by atoms with Crippen LogP contribution in [0.2, 0.25) is 0 Å². The van der Waals surface area contributed by atoms with Crippen molar-refractivity contribution in [3.8, 4) is 18.1 Å². The largest absolute Gasteiger partial charge is 0.506 e. The van der Waals surface area contributed by atoms with Gasteiger partial charge in [0.25, 0.3) is 0 Å². The highest BCUT2D eigenvalue weighted by molar-refractivity contribution is 5.91. The normalized spacial score (nSPS) is 11.3. The van der Waals surface area contributed by atoms with E-state index in [9.17, 15) is 9.90 Å². The van der Waals surface area contributed by atoms with Crippen molar-refractivity contribution in [2.24, 2.45) is 0 Å². The number of nitrogens with one attached hydrogen (secondary N) is 1. The van der Waals surface area contributed by atoms with E-state index in [4.69, 9.17) is 6.42 Å². The maximum atomic E-state index is 11.7. The maximum absolute atomic E-state index is 11.7. The molecule has 2 amide bonds. The van der Waals surface area contributed by atoms with Gasteiger partial charge in [0.05, 0.1) is 11.7 Å². The molecule has 4 heteroatoms. The predicted molar refractivity (Wildman–Crippen MR) is 63.2 cm³/mol. The van der Waals surface area contributed by atoms with Crippen LogP contribution in [-0.2, 0) is 0 Å². The molecule has 0 aliphatic heterocycles. The van der Waals surface area contributed by atoms with Crippen molar-refractivity contribution in [3.63, 3.8) is 0 Å². The Balaban J connectivity index is 2.73. The molecule has 1 aromatic rings. The summed E-state index contributed by atoms with van der Waals surface area (Å²) in [6.07, 6.45) is 5.21. The summed E-state index contributed by atoms with van der Waals surface area (Å²) in [5, 5.41) is 12.0. The van der Waals surface area contributed by atoms with Crippen LogP contribution in [0.1, 0.15) is 6.92 Å². The van der Waals surface area contributed by atoms with Crippen LogP contribution < -0.4 is 5.32 Å². The van der Waals surface area contributed by atoms with Gasteiger partial charge in [0.2, 0.25) is 0 Å². The van der Waals surface area contributed by atoms with E-state index in [0.29, 0.717) is 5.69 Å². The van der Waals surface area contributed by atoms with Gasteiger partial charge >= 0.3 is 6.03 Å². The monoisotopic (exact) mass is 218 g/mol. The molecule has 1 aromatic carbocycles. The van der Waals surface area contributed by atoms with Gasteiger partial charge in [-0.25, -0.2) is 4.79 Å². The summed E-state index contributed by atoms with van der Waals surface area (Å²) >= 11 is 0. The molecule has 2 N–H and O–H groups in total.